The highest BCUT2D eigenvalue weighted by atomic mass is 19.4. The molecular formula is C18H21F3N4O2. The van der Waals surface area contributed by atoms with Crippen LogP contribution in [-0.4, -0.2) is 51.2 Å². The molecule has 0 N–H and O–H groups in total. The third-order valence-corrected chi connectivity index (χ3v) is 5.28. The maximum absolute atomic E-state index is 13.4. The summed E-state index contributed by atoms with van der Waals surface area (Å²) in [5.41, 5.74) is 0.299. The van der Waals surface area contributed by atoms with E-state index in [1.54, 1.807) is 17.9 Å². The number of halogens is 3. The standard InChI is InChI=1S/C18H21F3N4O2/c1-2-12-8-15(18(19,20)21)25-16(22-12)9-13(23-25)11-5-6-24(10-11)17(26)14-4-3-7-27-14/h8-9,11,14H,2-7,10H2,1H3. The van der Waals surface area contributed by atoms with Crippen LogP contribution in [0.5, 0.6) is 0 Å². The summed E-state index contributed by atoms with van der Waals surface area (Å²) in [7, 11) is 0. The van der Waals surface area contributed by atoms with Crippen molar-refractivity contribution >= 4 is 11.6 Å². The van der Waals surface area contributed by atoms with E-state index in [0.717, 1.165) is 23.4 Å². The Bertz CT molecular complexity index is 858. The van der Waals surface area contributed by atoms with Crippen LogP contribution in [-0.2, 0) is 22.1 Å². The van der Waals surface area contributed by atoms with Gasteiger partial charge in [-0.25, -0.2) is 9.50 Å². The molecule has 2 saturated heterocycles. The molecule has 2 aromatic heterocycles. The van der Waals surface area contributed by atoms with E-state index in [1.165, 1.54) is 0 Å². The lowest BCUT2D eigenvalue weighted by Gasteiger charge is -2.19. The predicted octanol–water partition coefficient (Wildman–Crippen LogP) is 2.81. The average molecular weight is 382 g/mol. The summed E-state index contributed by atoms with van der Waals surface area (Å²) in [4.78, 5) is 18.5. The molecule has 0 aliphatic carbocycles. The van der Waals surface area contributed by atoms with Gasteiger partial charge in [0.05, 0.1) is 5.69 Å². The smallest absolute Gasteiger partial charge is 0.368 e. The number of carbonyl (C=O) groups excluding carboxylic acids is 1. The van der Waals surface area contributed by atoms with Gasteiger partial charge in [0.15, 0.2) is 5.65 Å². The summed E-state index contributed by atoms with van der Waals surface area (Å²) < 4.78 is 46.5. The van der Waals surface area contributed by atoms with Crippen molar-refractivity contribution in [3.63, 3.8) is 0 Å². The van der Waals surface area contributed by atoms with Crippen LogP contribution >= 0.6 is 0 Å². The summed E-state index contributed by atoms with van der Waals surface area (Å²) >= 11 is 0. The molecule has 2 unspecified atom stereocenters. The van der Waals surface area contributed by atoms with Gasteiger partial charge in [-0.3, -0.25) is 4.79 Å². The largest absolute Gasteiger partial charge is 0.433 e. The van der Waals surface area contributed by atoms with Crippen molar-refractivity contribution in [3.05, 3.63) is 29.2 Å². The number of aromatic nitrogens is 3. The van der Waals surface area contributed by atoms with Crippen molar-refractivity contribution in [2.24, 2.45) is 0 Å². The lowest BCUT2D eigenvalue weighted by Crippen LogP contribution is -2.37. The molecule has 2 atom stereocenters. The maximum atomic E-state index is 13.4. The number of aryl methyl sites for hydroxylation is 1. The van der Waals surface area contributed by atoms with E-state index in [2.05, 4.69) is 10.1 Å². The molecule has 0 radical (unpaired) electrons. The van der Waals surface area contributed by atoms with Gasteiger partial charge in [-0.15, -0.1) is 0 Å². The highest BCUT2D eigenvalue weighted by Gasteiger charge is 2.37. The molecule has 2 aliphatic rings. The molecule has 4 heterocycles. The fourth-order valence-corrected chi connectivity index (χ4v) is 3.80. The molecule has 0 spiro atoms. The van der Waals surface area contributed by atoms with Gasteiger partial charge in [0.2, 0.25) is 0 Å². The number of amides is 1. The zero-order valence-corrected chi connectivity index (χ0v) is 15.0. The number of ether oxygens (including phenoxy) is 1. The molecule has 9 heteroatoms. The van der Waals surface area contributed by atoms with Crippen LogP contribution in [0.2, 0.25) is 0 Å². The van der Waals surface area contributed by atoms with Crippen LogP contribution in [0, 0.1) is 0 Å². The molecular weight excluding hydrogens is 361 g/mol. The van der Waals surface area contributed by atoms with Gasteiger partial charge in [-0.1, -0.05) is 6.92 Å². The first-order valence-corrected chi connectivity index (χ1v) is 9.24. The molecule has 2 fully saturated rings. The van der Waals surface area contributed by atoms with Crippen LogP contribution < -0.4 is 0 Å². The van der Waals surface area contributed by atoms with E-state index in [-0.39, 0.29) is 23.6 Å². The highest BCUT2D eigenvalue weighted by molar-refractivity contribution is 5.81. The maximum Gasteiger partial charge on any atom is 0.433 e. The first-order chi connectivity index (χ1) is 12.9. The second kappa shape index (κ2) is 6.78. The SMILES string of the molecule is CCc1cc(C(F)(F)F)n2nc(C3CCN(C(=O)C4CCCO4)C3)cc2n1. The summed E-state index contributed by atoms with van der Waals surface area (Å²) in [5.74, 6) is -0.121. The van der Waals surface area contributed by atoms with E-state index in [4.69, 9.17) is 4.74 Å². The van der Waals surface area contributed by atoms with Crippen molar-refractivity contribution < 1.29 is 22.7 Å². The Hall–Kier alpha value is -2.16. The monoisotopic (exact) mass is 382 g/mol. The summed E-state index contributed by atoms with van der Waals surface area (Å²) in [6.45, 7) is 3.38. The second-order valence-electron chi connectivity index (χ2n) is 7.09. The Morgan fingerprint density at radius 2 is 2.15 bits per heavy atom. The summed E-state index contributed by atoms with van der Waals surface area (Å²) in [6.07, 6.45) is -2.20. The summed E-state index contributed by atoms with van der Waals surface area (Å²) in [5, 5.41) is 4.19. The molecule has 1 amide bonds. The fourth-order valence-electron chi connectivity index (χ4n) is 3.80. The third kappa shape index (κ3) is 3.40. The number of likely N-dealkylation sites (tertiary alicyclic amines) is 1. The van der Waals surface area contributed by atoms with Crippen LogP contribution in [0.15, 0.2) is 12.1 Å². The van der Waals surface area contributed by atoms with E-state index < -0.39 is 11.9 Å². The van der Waals surface area contributed by atoms with Gasteiger partial charge in [-0.2, -0.15) is 18.3 Å². The molecule has 27 heavy (non-hydrogen) atoms. The first-order valence-electron chi connectivity index (χ1n) is 9.24. The number of rotatable bonds is 3. The lowest BCUT2D eigenvalue weighted by molar-refractivity contribution is -0.142. The molecule has 2 aliphatic heterocycles. The quantitative estimate of drug-likeness (QED) is 0.819. The van der Waals surface area contributed by atoms with Gasteiger partial charge in [0, 0.05) is 37.4 Å². The Balaban J connectivity index is 1.60. The van der Waals surface area contributed by atoms with Gasteiger partial charge in [-0.05, 0) is 31.7 Å². The van der Waals surface area contributed by atoms with Crippen molar-refractivity contribution in [2.45, 2.75) is 50.8 Å². The molecule has 0 bridgehead atoms. The minimum atomic E-state index is -4.51. The summed E-state index contributed by atoms with van der Waals surface area (Å²) in [6, 6.07) is 2.66. The average Bonchev–Trinajstić information content (AvgIpc) is 3.38. The predicted molar refractivity (Wildman–Crippen MR) is 90.3 cm³/mol. The van der Waals surface area contributed by atoms with Crippen LogP contribution in [0.1, 0.15) is 49.2 Å². The lowest BCUT2D eigenvalue weighted by atomic mass is 10.1. The van der Waals surface area contributed by atoms with Gasteiger partial charge >= 0.3 is 6.18 Å². The Labute approximate surface area is 154 Å². The van der Waals surface area contributed by atoms with E-state index in [9.17, 15) is 18.0 Å². The number of hydrogen-bond acceptors (Lipinski definition) is 4. The zero-order chi connectivity index (χ0) is 19.2. The topological polar surface area (TPSA) is 59.7 Å². The van der Waals surface area contributed by atoms with Crippen molar-refractivity contribution in [1.82, 2.24) is 19.5 Å². The third-order valence-electron chi connectivity index (χ3n) is 5.28. The normalized spacial score (nSPS) is 23.5. The molecule has 4 rings (SSSR count). The Morgan fingerprint density at radius 1 is 1.33 bits per heavy atom. The molecule has 146 valence electrons. The molecule has 6 nitrogen and oxygen atoms in total. The molecule has 0 saturated carbocycles. The number of hydrogen-bond donors (Lipinski definition) is 0. The number of fused-ring (bicyclic) bond motifs is 1. The Kier molecular flexibility index (Phi) is 4.57. The van der Waals surface area contributed by atoms with E-state index in [1.807, 2.05) is 0 Å². The number of alkyl halides is 3. The van der Waals surface area contributed by atoms with Gasteiger partial charge < -0.3 is 9.64 Å². The van der Waals surface area contributed by atoms with Gasteiger partial charge in [0.1, 0.15) is 11.8 Å². The number of carbonyl (C=O) groups is 1. The van der Waals surface area contributed by atoms with Gasteiger partial charge in [0.25, 0.3) is 5.91 Å². The zero-order valence-electron chi connectivity index (χ0n) is 15.0. The van der Waals surface area contributed by atoms with E-state index >= 15 is 0 Å². The highest BCUT2D eigenvalue weighted by Crippen LogP contribution is 2.33. The number of nitrogens with zero attached hydrogens (tertiary/aromatic N) is 4. The van der Waals surface area contributed by atoms with Crippen LogP contribution in [0.25, 0.3) is 5.65 Å². The van der Waals surface area contributed by atoms with Crippen molar-refractivity contribution in [1.29, 1.82) is 0 Å². The van der Waals surface area contributed by atoms with Crippen LogP contribution in [0.4, 0.5) is 13.2 Å². The van der Waals surface area contributed by atoms with E-state index in [0.29, 0.717) is 43.9 Å². The molecule has 2 aromatic rings. The minimum absolute atomic E-state index is 0.0267. The Morgan fingerprint density at radius 3 is 2.81 bits per heavy atom. The molecule has 0 aromatic carbocycles. The van der Waals surface area contributed by atoms with Crippen LogP contribution in [0.3, 0.4) is 0 Å². The fraction of sp³-hybridized carbons (Fsp3) is 0.611. The minimum Gasteiger partial charge on any atom is -0.368 e. The second-order valence-corrected chi connectivity index (χ2v) is 7.09. The first kappa shape index (κ1) is 18.2. The van der Waals surface area contributed by atoms with Crippen molar-refractivity contribution in [3.8, 4) is 0 Å². The van der Waals surface area contributed by atoms with Crippen molar-refractivity contribution in [2.75, 3.05) is 19.7 Å².